The van der Waals surface area contributed by atoms with Gasteiger partial charge in [-0.2, -0.15) is 13.2 Å². The summed E-state index contributed by atoms with van der Waals surface area (Å²) in [5.74, 6) is 1.19. The molecule has 1 aromatic heterocycles. The molecule has 1 unspecified atom stereocenters. The molecule has 1 aromatic rings. The second kappa shape index (κ2) is 8.45. The van der Waals surface area contributed by atoms with Gasteiger partial charge in [-0.3, -0.25) is 9.69 Å². The second-order valence-electron chi connectivity index (χ2n) is 7.73. The molecule has 2 aliphatic rings. The molecular weight excluding hydrogens is 393 g/mol. The molecule has 5 nitrogen and oxygen atoms in total. The smallest absolute Gasteiger partial charge is 0.353 e. The van der Waals surface area contributed by atoms with Crippen molar-refractivity contribution in [1.29, 1.82) is 0 Å². The van der Waals surface area contributed by atoms with Gasteiger partial charge in [0.2, 0.25) is 5.91 Å². The molecule has 1 amide bonds. The van der Waals surface area contributed by atoms with Crippen LogP contribution in [0.4, 0.5) is 19.0 Å². The number of carbonyl (C=O) groups is 1. The van der Waals surface area contributed by atoms with Crippen LogP contribution in [0.2, 0.25) is 5.02 Å². The van der Waals surface area contributed by atoms with Crippen LogP contribution in [0, 0.1) is 5.92 Å². The van der Waals surface area contributed by atoms with Crippen LogP contribution in [-0.4, -0.2) is 66.0 Å². The number of piperidine rings is 1. The lowest BCUT2D eigenvalue weighted by atomic mass is 9.98. The summed E-state index contributed by atoms with van der Waals surface area (Å²) >= 11 is 6.05. The monoisotopic (exact) mass is 418 g/mol. The Kier molecular flexibility index (Phi) is 6.39. The number of rotatable bonds is 3. The zero-order chi connectivity index (χ0) is 20.5. The van der Waals surface area contributed by atoms with Gasteiger partial charge in [0.15, 0.2) is 0 Å². The maximum atomic E-state index is 12.8. The highest BCUT2D eigenvalue weighted by Gasteiger charge is 2.33. The van der Waals surface area contributed by atoms with Crippen LogP contribution in [0.25, 0.3) is 0 Å². The summed E-state index contributed by atoms with van der Waals surface area (Å²) in [6.07, 6.45) is -1.55. The second-order valence-corrected chi connectivity index (χ2v) is 8.14. The molecule has 0 aromatic carbocycles. The van der Waals surface area contributed by atoms with Gasteiger partial charge in [0.25, 0.3) is 0 Å². The minimum absolute atomic E-state index is 0.00478. The van der Waals surface area contributed by atoms with E-state index < -0.39 is 11.7 Å². The van der Waals surface area contributed by atoms with Gasteiger partial charge in [-0.1, -0.05) is 18.5 Å². The lowest BCUT2D eigenvalue weighted by molar-refractivity contribution is -0.138. The minimum Gasteiger partial charge on any atom is -0.353 e. The Morgan fingerprint density at radius 3 is 2.32 bits per heavy atom. The number of aromatic nitrogens is 1. The van der Waals surface area contributed by atoms with Crippen LogP contribution in [0.5, 0.6) is 0 Å². The van der Waals surface area contributed by atoms with Crippen LogP contribution < -0.4 is 4.90 Å². The summed E-state index contributed by atoms with van der Waals surface area (Å²) in [4.78, 5) is 22.6. The summed E-state index contributed by atoms with van der Waals surface area (Å²) < 4.78 is 38.3. The Balaban J connectivity index is 1.57. The van der Waals surface area contributed by atoms with E-state index >= 15 is 0 Å². The molecule has 28 heavy (non-hydrogen) atoms. The van der Waals surface area contributed by atoms with E-state index in [9.17, 15) is 18.0 Å². The van der Waals surface area contributed by atoms with Crippen molar-refractivity contribution in [3.8, 4) is 0 Å². The minimum atomic E-state index is -4.46. The molecule has 0 radical (unpaired) electrons. The molecule has 2 aliphatic heterocycles. The molecule has 0 N–H and O–H groups in total. The zero-order valence-electron chi connectivity index (χ0n) is 16.2. The fraction of sp³-hybridized carbons (Fsp3) is 0.684. The fourth-order valence-corrected chi connectivity index (χ4v) is 4.07. The fourth-order valence-electron chi connectivity index (χ4n) is 3.79. The van der Waals surface area contributed by atoms with E-state index in [1.165, 1.54) is 0 Å². The highest BCUT2D eigenvalue weighted by molar-refractivity contribution is 6.33. The highest BCUT2D eigenvalue weighted by atomic mass is 35.5. The lowest BCUT2D eigenvalue weighted by Gasteiger charge is -2.40. The predicted octanol–water partition coefficient (Wildman–Crippen LogP) is 3.52. The average molecular weight is 419 g/mol. The molecule has 1 atom stereocenters. The Morgan fingerprint density at radius 2 is 1.79 bits per heavy atom. The summed E-state index contributed by atoms with van der Waals surface area (Å²) in [6, 6.07) is 0.714. The third-order valence-corrected chi connectivity index (χ3v) is 6.04. The van der Waals surface area contributed by atoms with Crippen molar-refractivity contribution in [3.63, 3.8) is 0 Å². The van der Waals surface area contributed by atoms with Crippen LogP contribution >= 0.6 is 11.6 Å². The molecule has 9 heteroatoms. The van der Waals surface area contributed by atoms with Gasteiger partial charge in [-0.25, -0.2) is 4.98 Å². The Bertz CT molecular complexity index is 699. The largest absolute Gasteiger partial charge is 0.417 e. The first kappa shape index (κ1) is 21.2. The molecule has 3 heterocycles. The lowest BCUT2D eigenvalue weighted by Crippen LogP contribution is -2.55. The molecule has 0 aliphatic carbocycles. The number of anilines is 1. The van der Waals surface area contributed by atoms with E-state index in [4.69, 9.17) is 11.6 Å². The molecule has 2 saturated heterocycles. The Labute approximate surface area is 168 Å². The van der Waals surface area contributed by atoms with E-state index in [2.05, 4.69) is 16.8 Å². The van der Waals surface area contributed by atoms with Crippen LogP contribution in [0.3, 0.4) is 0 Å². The number of likely N-dealkylation sites (tertiary alicyclic amines) is 1. The maximum absolute atomic E-state index is 12.8. The number of nitrogens with zero attached hydrogens (tertiary/aromatic N) is 4. The number of piperazine rings is 1. The third kappa shape index (κ3) is 4.71. The van der Waals surface area contributed by atoms with Crippen LogP contribution in [0.1, 0.15) is 32.3 Å². The molecule has 0 saturated carbocycles. The van der Waals surface area contributed by atoms with Gasteiger partial charge >= 0.3 is 6.18 Å². The van der Waals surface area contributed by atoms with Crippen molar-refractivity contribution < 1.29 is 18.0 Å². The number of alkyl halides is 3. The zero-order valence-corrected chi connectivity index (χ0v) is 16.9. The number of pyridine rings is 1. The van der Waals surface area contributed by atoms with E-state index in [1.54, 1.807) is 0 Å². The van der Waals surface area contributed by atoms with Gasteiger partial charge in [0, 0.05) is 45.5 Å². The SMILES string of the molecule is CC1CCN(C(=O)C(C)N2CCN(c3ncc(C(F)(F)F)cc3Cl)CC2)CC1. The Morgan fingerprint density at radius 1 is 1.18 bits per heavy atom. The first-order valence-electron chi connectivity index (χ1n) is 9.67. The normalized spacial score (nSPS) is 21.1. The third-order valence-electron chi connectivity index (χ3n) is 5.76. The summed E-state index contributed by atoms with van der Waals surface area (Å²) in [7, 11) is 0. The van der Waals surface area contributed by atoms with Gasteiger partial charge in [-0.15, -0.1) is 0 Å². The maximum Gasteiger partial charge on any atom is 0.417 e. The molecule has 0 spiro atoms. The standard InChI is InChI=1S/C19H26ClF3N4O/c1-13-3-5-27(6-4-13)18(28)14(2)25-7-9-26(10-8-25)17-16(20)11-15(12-24-17)19(21,22)23/h11-14H,3-10H2,1-2H3. The molecule has 0 bridgehead atoms. The van der Waals surface area contributed by atoms with E-state index in [0.717, 1.165) is 38.2 Å². The van der Waals surface area contributed by atoms with E-state index in [1.807, 2.05) is 16.7 Å². The molecule has 2 fully saturated rings. The quantitative estimate of drug-likeness (QED) is 0.753. The number of halogens is 4. The van der Waals surface area contributed by atoms with Gasteiger partial charge in [0.1, 0.15) is 5.82 Å². The van der Waals surface area contributed by atoms with E-state index in [-0.39, 0.29) is 17.0 Å². The van der Waals surface area contributed by atoms with Gasteiger partial charge in [0.05, 0.1) is 16.6 Å². The van der Waals surface area contributed by atoms with Crippen molar-refractivity contribution in [3.05, 3.63) is 22.8 Å². The molecule has 3 rings (SSSR count). The van der Waals surface area contributed by atoms with Crippen molar-refractivity contribution in [2.45, 2.75) is 38.9 Å². The number of amides is 1. The van der Waals surface area contributed by atoms with Crippen LogP contribution in [0.15, 0.2) is 12.3 Å². The summed E-state index contributed by atoms with van der Waals surface area (Å²) in [5.41, 5.74) is -0.852. The highest BCUT2D eigenvalue weighted by Crippen LogP contribution is 2.33. The first-order chi connectivity index (χ1) is 13.2. The summed E-state index contributed by atoms with van der Waals surface area (Å²) in [6.45, 7) is 8.17. The van der Waals surface area contributed by atoms with E-state index in [0.29, 0.717) is 37.9 Å². The topological polar surface area (TPSA) is 39.7 Å². The van der Waals surface area contributed by atoms with Crippen molar-refractivity contribution in [1.82, 2.24) is 14.8 Å². The molecular formula is C19H26ClF3N4O. The Hall–Kier alpha value is -1.54. The summed E-state index contributed by atoms with van der Waals surface area (Å²) in [5, 5.41) is -0.00478. The number of hydrogen-bond donors (Lipinski definition) is 0. The molecule has 156 valence electrons. The van der Waals surface area contributed by atoms with Gasteiger partial charge in [-0.05, 0) is 31.7 Å². The first-order valence-corrected chi connectivity index (χ1v) is 10.0. The van der Waals surface area contributed by atoms with Crippen molar-refractivity contribution in [2.24, 2.45) is 5.92 Å². The van der Waals surface area contributed by atoms with Crippen molar-refractivity contribution in [2.75, 3.05) is 44.2 Å². The number of carbonyl (C=O) groups excluding carboxylic acids is 1. The predicted molar refractivity (Wildman–Crippen MR) is 102 cm³/mol. The van der Waals surface area contributed by atoms with Crippen molar-refractivity contribution >= 4 is 23.3 Å². The number of hydrogen-bond acceptors (Lipinski definition) is 4. The van der Waals surface area contributed by atoms with Gasteiger partial charge < -0.3 is 9.80 Å². The van der Waals surface area contributed by atoms with Crippen LogP contribution in [-0.2, 0) is 11.0 Å². The average Bonchev–Trinajstić information content (AvgIpc) is 2.67.